The Morgan fingerprint density at radius 3 is 2.94 bits per heavy atom. The highest BCUT2D eigenvalue weighted by molar-refractivity contribution is 5.95. The average molecular weight is 430 g/mol. The van der Waals surface area contributed by atoms with Crippen LogP contribution in [0.5, 0.6) is 5.75 Å². The molecular formula is C22H18N6O4. The minimum absolute atomic E-state index is 0.134. The zero-order valence-electron chi connectivity index (χ0n) is 17.1. The second-order valence-electron chi connectivity index (χ2n) is 7.26. The maximum absolute atomic E-state index is 13.1. The lowest BCUT2D eigenvalue weighted by atomic mass is 10.1. The third kappa shape index (κ3) is 3.73. The number of amides is 1. The van der Waals surface area contributed by atoms with E-state index in [1.165, 1.54) is 29.2 Å². The van der Waals surface area contributed by atoms with Crippen molar-refractivity contribution in [2.24, 2.45) is 0 Å². The summed E-state index contributed by atoms with van der Waals surface area (Å²) in [6.07, 6.45) is 6.13. The van der Waals surface area contributed by atoms with Gasteiger partial charge in [-0.3, -0.25) is 14.6 Å². The lowest BCUT2D eigenvalue weighted by molar-refractivity contribution is -0.119. The van der Waals surface area contributed by atoms with Crippen molar-refractivity contribution in [1.29, 1.82) is 0 Å². The molecule has 0 bridgehead atoms. The van der Waals surface area contributed by atoms with Crippen molar-refractivity contribution in [2.45, 2.75) is 13.5 Å². The number of fused-ring (bicyclic) bond motifs is 1. The van der Waals surface area contributed by atoms with E-state index in [-0.39, 0.29) is 29.7 Å². The first-order valence-corrected chi connectivity index (χ1v) is 9.93. The van der Waals surface area contributed by atoms with E-state index in [1.54, 1.807) is 17.2 Å². The van der Waals surface area contributed by atoms with E-state index in [9.17, 15) is 9.59 Å². The number of carbonyl (C=O) groups excluding carboxylic acids is 1. The molecule has 10 nitrogen and oxygen atoms in total. The zero-order chi connectivity index (χ0) is 22.1. The molecule has 32 heavy (non-hydrogen) atoms. The van der Waals surface area contributed by atoms with Gasteiger partial charge in [-0.15, -0.1) is 0 Å². The summed E-state index contributed by atoms with van der Waals surface area (Å²) in [6, 6.07) is 8.62. The van der Waals surface area contributed by atoms with Crippen molar-refractivity contribution in [3.05, 3.63) is 71.0 Å². The van der Waals surface area contributed by atoms with Gasteiger partial charge in [-0.05, 0) is 30.7 Å². The second kappa shape index (κ2) is 8.06. The fourth-order valence-electron chi connectivity index (χ4n) is 3.46. The first-order chi connectivity index (χ1) is 15.6. The number of anilines is 1. The molecule has 0 radical (unpaired) electrons. The van der Waals surface area contributed by atoms with Crippen LogP contribution in [0.25, 0.3) is 23.0 Å². The standard InChI is InChI=1S/C22H18N6O4/c1-14-2-4-18-17(10-14)28(8-9-31-18)20(30)13-27-12-15(3-5-19(27)29)22-25-21(26-32-22)16-11-23-6-7-24-16/h2-7,10-12H,8-9,13H2,1H3. The summed E-state index contributed by atoms with van der Waals surface area (Å²) in [4.78, 5) is 39.6. The van der Waals surface area contributed by atoms with Crippen LogP contribution in [0, 0.1) is 6.92 Å². The highest BCUT2D eigenvalue weighted by Gasteiger charge is 2.24. The molecule has 10 heteroatoms. The lowest BCUT2D eigenvalue weighted by Crippen LogP contribution is -2.41. The van der Waals surface area contributed by atoms with E-state index in [0.717, 1.165) is 5.56 Å². The predicted molar refractivity (Wildman–Crippen MR) is 114 cm³/mol. The maximum Gasteiger partial charge on any atom is 0.259 e. The molecule has 0 aliphatic carbocycles. The Labute approximate surface area is 182 Å². The van der Waals surface area contributed by atoms with Crippen LogP contribution < -0.4 is 15.2 Å². The van der Waals surface area contributed by atoms with Gasteiger partial charge < -0.3 is 18.7 Å². The number of rotatable bonds is 4. The predicted octanol–water partition coefficient (Wildman–Crippen LogP) is 2.09. The minimum atomic E-state index is -0.312. The molecule has 4 heterocycles. The Balaban J connectivity index is 1.41. The third-order valence-electron chi connectivity index (χ3n) is 5.03. The minimum Gasteiger partial charge on any atom is -0.490 e. The molecule has 0 fully saturated rings. The number of aryl methyl sites for hydroxylation is 1. The van der Waals surface area contributed by atoms with Crippen LogP contribution in [0.2, 0.25) is 0 Å². The molecule has 1 aliphatic rings. The van der Waals surface area contributed by atoms with Gasteiger partial charge in [0.25, 0.3) is 11.4 Å². The Kier molecular flexibility index (Phi) is 4.94. The number of hydrogen-bond acceptors (Lipinski definition) is 8. The molecule has 3 aromatic heterocycles. The van der Waals surface area contributed by atoms with Crippen molar-refractivity contribution in [3.63, 3.8) is 0 Å². The number of pyridine rings is 1. The van der Waals surface area contributed by atoms with Crippen LogP contribution >= 0.6 is 0 Å². The largest absolute Gasteiger partial charge is 0.490 e. The summed E-state index contributed by atoms with van der Waals surface area (Å²) in [5.41, 5.74) is 2.39. The normalized spacial score (nSPS) is 12.8. The van der Waals surface area contributed by atoms with E-state index in [0.29, 0.717) is 35.8 Å². The van der Waals surface area contributed by atoms with Gasteiger partial charge in [0.15, 0.2) is 0 Å². The number of nitrogens with zero attached hydrogens (tertiary/aromatic N) is 6. The second-order valence-corrected chi connectivity index (χ2v) is 7.26. The number of carbonyl (C=O) groups is 1. The van der Waals surface area contributed by atoms with Gasteiger partial charge >= 0.3 is 0 Å². The maximum atomic E-state index is 13.1. The molecule has 0 spiro atoms. The highest BCUT2D eigenvalue weighted by atomic mass is 16.5. The molecule has 160 valence electrons. The van der Waals surface area contributed by atoms with Gasteiger partial charge in [0, 0.05) is 24.7 Å². The van der Waals surface area contributed by atoms with Crippen molar-refractivity contribution in [2.75, 3.05) is 18.1 Å². The average Bonchev–Trinajstić information content (AvgIpc) is 3.31. The first kappa shape index (κ1) is 19.6. The molecule has 1 aliphatic heterocycles. The topological polar surface area (TPSA) is 116 Å². The van der Waals surface area contributed by atoms with Crippen LogP contribution in [-0.2, 0) is 11.3 Å². The monoisotopic (exact) mass is 430 g/mol. The quantitative estimate of drug-likeness (QED) is 0.483. The Morgan fingerprint density at radius 1 is 1.19 bits per heavy atom. The van der Waals surface area contributed by atoms with Gasteiger partial charge in [-0.25, -0.2) is 4.98 Å². The number of benzene rings is 1. The van der Waals surface area contributed by atoms with Gasteiger partial charge in [-0.2, -0.15) is 4.98 Å². The van der Waals surface area contributed by atoms with Gasteiger partial charge in [0.2, 0.25) is 11.7 Å². The summed E-state index contributed by atoms with van der Waals surface area (Å²) in [5.74, 6) is 0.922. The number of ether oxygens (including phenoxy) is 1. The fraction of sp³-hybridized carbons (Fsp3) is 0.182. The van der Waals surface area contributed by atoms with Crippen molar-refractivity contribution >= 4 is 11.6 Å². The van der Waals surface area contributed by atoms with E-state index in [2.05, 4.69) is 20.1 Å². The molecule has 4 aromatic rings. The summed E-state index contributed by atoms with van der Waals surface area (Å²) in [6.45, 7) is 2.62. The lowest BCUT2D eigenvalue weighted by Gasteiger charge is -2.30. The Hall–Kier alpha value is -4.34. The third-order valence-corrected chi connectivity index (χ3v) is 5.03. The molecule has 0 saturated heterocycles. The van der Waals surface area contributed by atoms with Gasteiger partial charge in [0.05, 0.1) is 24.0 Å². The van der Waals surface area contributed by atoms with E-state index in [1.807, 2.05) is 25.1 Å². The molecule has 0 atom stereocenters. The summed E-state index contributed by atoms with van der Waals surface area (Å²) < 4.78 is 12.3. The van der Waals surface area contributed by atoms with Crippen LogP contribution in [0.3, 0.4) is 0 Å². The van der Waals surface area contributed by atoms with E-state index in [4.69, 9.17) is 9.26 Å². The summed E-state index contributed by atoms with van der Waals surface area (Å²) in [5, 5.41) is 3.92. The zero-order valence-corrected chi connectivity index (χ0v) is 17.1. The first-order valence-electron chi connectivity index (χ1n) is 9.93. The van der Waals surface area contributed by atoms with E-state index >= 15 is 0 Å². The van der Waals surface area contributed by atoms with Crippen LogP contribution in [0.4, 0.5) is 5.69 Å². The molecule has 0 unspecified atom stereocenters. The highest BCUT2D eigenvalue weighted by Crippen LogP contribution is 2.32. The van der Waals surface area contributed by atoms with Gasteiger partial charge in [-0.1, -0.05) is 11.2 Å². The molecule has 1 amide bonds. The van der Waals surface area contributed by atoms with Crippen LogP contribution in [0.15, 0.2) is 64.4 Å². The van der Waals surface area contributed by atoms with Crippen molar-refractivity contribution < 1.29 is 14.1 Å². The number of hydrogen-bond donors (Lipinski definition) is 0. The number of aromatic nitrogens is 5. The van der Waals surface area contributed by atoms with Crippen molar-refractivity contribution in [3.8, 4) is 28.7 Å². The Bertz CT molecular complexity index is 1350. The molecule has 0 N–H and O–H groups in total. The molecule has 0 saturated carbocycles. The van der Waals surface area contributed by atoms with Crippen molar-refractivity contribution in [1.82, 2.24) is 24.7 Å². The smallest absolute Gasteiger partial charge is 0.259 e. The fourth-order valence-corrected chi connectivity index (χ4v) is 3.46. The van der Waals surface area contributed by atoms with E-state index < -0.39 is 0 Å². The van der Waals surface area contributed by atoms with Crippen LogP contribution in [0.1, 0.15) is 5.56 Å². The molecular weight excluding hydrogens is 412 g/mol. The summed E-state index contributed by atoms with van der Waals surface area (Å²) >= 11 is 0. The Morgan fingerprint density at radius 2 is 2.09 bits per heavy atom. The molecule has 1 aromatic carbocycles. The van der Waals surface area contributed by atoms with Gasteiger partial charge in [0.1, 0.15) is 24.6 Å². The molecule has 5 rings (SSSR count). The SMILES string of the molecule is Cc1ccc2c(c1)N(C(=O)Cn1cc(-c3nc(-c4cnccn4)no3)ccc1=O)CCO2. The summed E-state index contributed by atoms with van der Waals surface area (Å²) in [7, 11) is 0. The van der Waals surface area contributed by atoms with Crippen LogP contribution in [-0.4, -0.2) is 43.7 Å².